The number of pyridine rings is 1. The molecule has 1 aromatic rings. The van der Waals surface area contributed by atoms with Crippen molar-refractivity contribution in [3.8, 4) is 0 Å². The predicted molar refractivity (Wildman–Crippen MR) is 73.6 cm³/mol. The summed E-state index contributed by atoms with van der Waals surface area (Å²) in [6, 6.07) is 5.82. The summed E-state index contributed by atoms with van der Waals surface area (Å²) in [7, 11) is 0. The quantitative estimate of drug-likeness (QED) is 0.829. The predicted octanol–water partition coefficient (Wildman–Crippen LogP) is 1.84. The van der Waals surface area contributed by atoms with Crippen molar-refractivity contribution in [3.05, 3.63) is 30.1 Å². The monoisotopic (exact) mass is 245 g/mol. The third kappa shape index (κ3) is 3.30. The van der Waals surface area contributed by atoms with Crippen molar-refractivity contribution in [1.82, 2.24) is 15.2 Å². The van der Waals surface area contributed by atoms with Gasteiger partial charge in [0.2, 0.25) is 0 Å². The van der Waals surface area contributed by atoms with Crippen molar-refractivity contribution in [2.45, 2.75) is 44.2 Å². The Bertz CT molecular complexity index is 355. The van der Waals surface area contributed by atoms with Crippen LogP contribution >= 0.6 is 0 Å². The molecular weight excluding hydrogens is 222 g/mol. The van der Waals surface area contributed by atoms with E-state index >= 15 is 0 Å². The smallest absolute Gasteiger partial charge is 0.0300 e. The summed E-state index contributed by atoms with van der Waals surface area (Å²) >= 11 is 0. The molecular formula is C15H23N3. The van der Waals surface area contributed by atoms with Crippen LogP contribution in [-0.2, 0) is 6.42 Å². The highest BCUT2D eigenvalue weighted by Gasteiger charge is 2.30. The van der Waals surface area contributed by atoms with Crippen molar-refractivity contribution in [2.24, 2.45) is 0 Å². The number of aromatic nitrogens is 1. The molecule has 0 amide bonds. The molecule has 18 heavy (non-hydrogen) atoms. The highest BCUT2D eigenvalue weighted by Crippen LogP contribution is 2.27. The number of nitrogens with one attached hydrogen (secondary N) is 1. The average Bonchev–Trinajstić information content (AvgIpc) is 3.13. The van der Waals surface area contributed by atoms with Crippen LogP contribution in [0.3, 0.4) is 0 Å². The van der Waals surface area contributed by atoms with Crippen molar-refractivity contribution < 1.29 is 0 Å². The number of hydrogen-bond acceptors (Lipinski definition) is 3. The summed E-state index contributed by atoms with van der Waals surface area (Å²) in [6.07, 6.45) is 10.5. The molecule has 0 radical (unpaired) electrons. The second kappa shape index (κ2) is 5.81. The third-order valence-electron chi connectivity index (χ3n) is 4.09. The zero-order valence-electron chi connectivity index (χ0n) is 11.0. The molecule has 0 bridgehead atoms. The Morgan fingerprint density at radius 2 is 2.28 bits per heavy atom. The first-order valence-corrected chi connectivity index (χ1v) is 7.28. The lowest BCUT2D eigenvalue weighted by molar-refractivity contribution is 0.242. The van der Waals surface area contributed by atoms with Crippen LogP contribution in [0.1, 0.15) is 31.2 Å². The lowest BCUT2D eigenvalue weighted by Gasteiger charge is -2.25. The minimum absolute atomic E-state index is 0.736. The van der Waals surface area contributed by atoms with Gasteiger partial charge in [0.05, 0.1) is 0 Å². The molecule has 1 aliphatic carbocycles. The van der Waals surface area contributed by atoms with Crippen LogP contribution < -0.4 is 5.32 Å². The van der Waals surface area contributed by atoms with Gasteiger partial charge in [0.1, 0.15) is 0 Å². The van der Waals surface area contributed by atoms with Gasteiger partial charge in [0, 0.05) is 37.6 Å². The van der Waals surface area contributed by atoms with E-state index in [4.69, 9.17) is 0 Å². The van der Waals surface area contributed by atoms with E-state index in [0.29, 0.717) is 0 Å². The normalized spacial score (nSPS) is 23.7. The summed E-state index contributed by atoms with van der Waals surface area (Å²) in [6.45, 7) is 3.64. The molecule has 2 aliphatic rings. The van der Waals surface area contributed by atoms with E-state index in [1.807, 2.05) is 18.5 Å². The molecule has 1 unspecified atom stereocenters. The third-order valence-corrected chi connectivity index (χ3v) is 4.09. The van der Waals surface area contributed by atoms with Crippen molar-refractivity contribution in [2.75, 3.05) is 19.6 Å². The Morgan fingerprint density at radius 3 is 2.94 bits per heavy atom. The molecule has 3 nitrogen and oxygen atoms in total. The molecule has 1 aromatic heterocycles. The van der Waals surface area contributed by atoms with Gasteiger partial charge in [-0.15, -0.1) is 0 Å². The van der Waals surface area contributed by atoms with Crippen LogP contribution in [0.25, 0.3) is 0 Å². The molecule has 1 aliphatic heterocycles. The highest BCUT2D eigenvalue weighted by molar-refractivity contribution is 5.09. The molecule has 2 heterocycles. The van der Waals surface area contributed by atoms with Gasteiger partial charge in [-0.3, -0.25) is 9.88 Å². The SMILES string of the molecule is c1cncc(CCN(CC2CCCN2)C2CC2)c1. The van der Waals surface area contributed by atoms with E-state index in [2.05, 4.69) is 21.3 Å². The summed E-state index contributed by atoms with van der Waals surface area (Å²) in [5.74, 6) is 0. The average molecular weight is 245 g/mol. The number of nitrogens with zero attached hydrogens (tertiary/aromatic N) is 2. The first-order chi connectivity index (χ1) is 8.92. The van der Waals surface area contributed by atoms with Gasteiger partial charge in [-0.2, -0.15) is 0 Å². The van der Waals surface area contributed by atoms with Crippen molar-refractivity contribution in [1.29, 1.82) is 0 Å². The molecule has 98 valence electrons. The van der Waals surface area contributed by atoms with Gasteiger partial charge in [-0.1, -0.05) is 6.07 Å². The number of hydrogen-bond donors (Lipinski definition) is 1. The fourth-order valence-corrected chi connectivity index (χ4v) is 2.88. The Kier molecular flexibility index (Phi) is 3.91. The van der Waals surface area contributed by atoms with Crippen LogP contribution in [0, 0.1) is 0 Å². The fourth-order valence-electron chi connectivity index (χ4n) is 2.88. The zero-order valence-corrected chi connectivity index (χ0v) is 11.0. The van der Waals surface area contributed by atoms with E-state index in [0.717, 1.165) is 18.5 Å². The summed E-state index contributed by atoms with van der Waals surface area (Å²) in [5.41, 5.74) is 1.36. The van der Waals surface area contributed by atoms with E-state index in [9.17, 15) is 0 Å². The zero-order chi connectivity index (χ0) is 12.2. The maximum atomic E-state index is 4.20. The first-order valence-electron chi connectivity index (χ1n) is 7.28. The maximum absolute atomic E-state index is 4.20. The van der Waals surface area contributed by atoms with E-state index in [1.54, 1.807) is 0 Å². The van der Waals surface area contributed by atoms with Crippen LogP contribution in [0.5, 0.6) is 0 Å². The summed E-state index contributed by atoms with van der Waals surface area (Å²) in [4.78, 5) is 6.89. The Labute approximate surface area is 110 Å². The Hall–Kier alpha value is -0.930. The Morgan fingerprint density at radius 1 is 1.33 bits per heavy atom. The van der Waals surface area contributed by atoms with Gasteiger partial charge in [0.15, 0.2) is 0 Å². The second-order valence-electron chi connectivity index (χ2n) is 5.63. The largest absolute Gasteiger partial charge is 0.313 e. The molecule has 0 aromatic carbocycles. The van der Waals surface area contributed by atoms with Crippen LogP contribution in [0.4, 0.5) is 0 Å². The lowest BCUT2D eigenvalue weighted by atomic mass is 10.1. The topological polar surface area (TPSA) is 28.2 Å². The van der Waals surface area contributed by atoms with Crippen LogP contribution in [0.15, 0.2) is 24.5 Å². The second-order valence-corrected chi connectivity index (χ2v) is 5.63. The first kappa shape index (κ1) is 12.1. The van der Waals surface area contributed by atoms with E-state index in [-0.39, 0.29) is 0 Å². The molecule has 3 rings (SSSR count). The van der Waals surface area contributed by atoms with Crippen molar-refractivity contribution in [3.63, 3.8) is 0 Å². The van der Waals surface area contributed by atoms with Gasteiger partial charge in [-0.05, 0) is 50.3 Å². The minimum Gasteiger partial charge on any atom is -0.313 e. The molecule has 1 saturated carbocycles. The fraction of sp³-hybridized carbons (Fsp3) is 0.667. The Balaban J connectivity index is 1.50. The highest BCUT2D eigenvalue weighted by atomic mass is 15.2. The summed E-state index contributed by atoms with van der Waals surface area (Å²) in [5, 5.41) is 3.61. The molecule has 2 fully saturated rings. The van der Waals surface area contributed by atoms with E-state index in [1.165, 1.54) is 50.9 Å². The lowest BCUT2D eigenvalue weighted by Crippen LogP contribution is -2.39. The van der Waals surface area contributed by atoms with E-state index < -0.39 is 0 Å². The minimum atomic E-state index is 0.736. The molecule has 3 heteroatoms. The van der Waals surface area contributed by atoms with Gasteiger partial charge >= 0.3 is 0 Å². The maximum Gasteiger partial charge on any atom is 0.0300 e. The molecule has 1 N–H and O–H groups in total. The van der Waals surface area contributed by atoms with Gasteiger partial charge in [0.25, 0.3) is 0 Å². The molecule has 1 atom stereocenters. The number of rotatable bonds is 6. The van der Waals surface area contributed by atoms with Gasteiger partial charge in [-0.25, -0.2) is 0 Å². The van der Waals surface area contributed by atoms with Crippen molar-refractivity contribution >= 4 is 0 Å². The van der Waals surface area contributed by atoms with Crippen LogP contribution in [0.2, 0.25) is 0 Å². The van der Waals surface area contributed by atoms with Crippen LogP contribution in [-0.4, -0.2) is 41.6 Å². The summed E-state index contributed by atoms with van der Waals surface area (Å²) < 4.78 is 0. The standard InChI is InChI=1S/C15H23N3/c1-3-13(11-16-8-1)7-10-18(15-5-6-15)12-14-4-2-9-17-14/h1,3,8,11,14-15,17H,2,4-7,9-10,12H2. The molecule has 0 spiro atoms. The van der Waals surface area contributed by atoms with Gasteiger partial charge < -0.3 is 5.32 Å². The molecule has 1 saturated heterocycles.